The number of furan rings is 1. The first-order valence-corrected chi connectivity index (χ1v) is 9.68. The van der Waals surface area contributed by atoms with Crippen LogP contribution in [-0.2, 0) is 0 Å². The molecule has 158 valence electrons. The number of anilines is 3. The molecule has 0 aliphatic heterocycles. The highest BCUT2D eigenvalue weighted by atomic mass is 19.1. The van der Waals surface area contributed by atoms with Crippen LogP contribution in [0.4, 0.5) is 21.7 Å². The summed E-state index contributed by atoms with van der Waals surface area (Å²) in [5.41, 5.74) is 12.5. The minimum atomic E-state index is -0.798. The molecule has 30 heavy (non-hydrogen) atoms. The third kappa shape index (κ3) is 4.93. The Hall–Kier alpha value is -3.46. The van der Waals surface area contributed by atoms with E-state index in [4.69, 9.17) is 15.9 Å². The number of rotatable bonds is 9. The molecule has 1 amide bonds. The van der Waals surface area contributed by atoms with Crippen LogP contribution in [0.25, 0.3) is 11.5 Å². The smallest absolute Gasteiger partial charge is 0.252 e. The van der Waals surface area contributed by atoms with Crippen molar-refractivity contribution in [2.45, 2.75) is 38.8 Å². The molecule has 0 saturated heterocycles. The maximum atomic E-state index is 14.6. The second kappa shape index (κ2) is 9.36. The Kier molecular flexibility index (Phi) is 6.63. The van der Waals surface area contributed by atoms with Crippen molar-refractivity contribution in [3.8, 4) is 11.5 Å². The summed E-state index contributed by atoms with van der Waals surface area (Å²) in [5, 5.41) is 6.07. The number of nitrogens with one attached hydrogen (secondary N) is 2. The average molecular weight is 412 g/mol. The fourth-order valence-electron chi connectivity index (χ4n) is 3.03. The van der Waals surface area contributed by atoms with E-state index in [0.29, 0.717) is 17.1 Å². The van der Waals surface area contributed by atoms with Crippen molar-refractivity contribution in [2.24, 2.45) is 11.5 Å². The third-order valence-electron chi connectivity index (χ3n) is 4.59. The Labute approximate surface area is 173 Å². The van der Waals surface area contributed by atoms with Gasteiger partial charge >= 0.3 is 0 Å². The molecular formula is C21H25FN6O2. The van der Waals surface area contributed by atoms with Crippen LogP contribution in [0, 0.1) is 5.82 Å². The Morgan fingerprint density at radius 2 is 2.10 bits per heavy atom. The van der Waals surface area contributed by atoms with Gasteiger partial charge in [0.2, 0.25) is 0 Å². The first kappa shape index (κ1) is 21.3. The van der Waals surface area contributed by atoms with Gasteiger partial charge in [-0.3, -0.25) is 9.78 Å². The molecule has 2 unspecified atom stereocenters. The van der Waals surface area contributed by atoms with Gasteiger partial charge in [0.15, 0.2) is 17.4 Å². The SMILES string of the molecule is CCCC(Nc1nc(Nc2ccnc(-c3ccco3)c2)c(C(N)=O)cc1F)C(C)N. The molecule has 2 atom stereocenters. The molecule has 3 heterocycles. The Morgan fingerprint density at radius 3 is 2.73 bits per heavy atom. The van der Waals surface area contributed by atoms with Crippen molar-refractivity contribution < 1.29 is 13.6 Å². The second-order valence-electron chi connectivity index (χ2n) is 7.01. The molecule has 0 saturated carbocycles. The summed E-state index contributed by atoms with van der Waals surface area (Å²) in [7, 11) is 0. The first-order chi connectivity index (χ1) is 14.4. The Balaban J connectivity index is 1.95. The molecular weight excluding hydrogens is 387 g/mol. The van der Waals surface area contributed by atoms with E-state index < -0.39 is 11.7 Å². The van der Waals surface area contributed by atoms with Gasteiger partial charge < -0.3 is 26.5 Å². The zero-order valence-electron chi connectivity index (χ0n) is 16.9. The lowest BCUT2D eigenvalue weighted by Crippen LogP contribution is -2.38. The van der Waals surface area contributed by atoms with Crippen molar-refractivity contribution >= 4 is 23.2 Å². The molecule has 0 bridgehead atoms. The highest BCUT2D eigenvalue weighted by molar-refractivity contribution is 5.98. The summed E-state index contributed by atoms with van der Waals surface area (Å²) in [5.74, 6) is -0.765. The van der Waals surface area contributed by atoms with E-state index in [-0.39, 0.29) is 29.3 Å². The van der Waals surface area contributed by atoms with E-state index in [1.807, 2.05) is 13.8 Å². The summed E-state index contributed by atoms with van der Waals surface area (Å²) < 4.78 is 20.0. The largest absolute Gasteiger partial charge is 0.463 e. The van der Waals surface area contributed by atoms with Crippen LogP contribution in [0.15, 0.2) is 47.2 Å². The van der Waals surface area contributed by atoms with Gasteiger partial charge in [-0.2, -0.15) is 0 Å². The van der Waals surface area contributed by atoms with E-state index in [2.05, 4.69) is 20.6 Å². The van der Waals surface area contributed by atoms with E-state index in [9.17, 15) is 9.18 Å². The summed E-state index contributed by atoms with van der Waals surface area (Å²) in [4.78, 5) is 20.4. The quantitative estimate of drug-likeness (QED) is 0.422. The number of hydrogen-bond donors (Lipinski definition) is 4. The average Bonchev–Trinajstić information content (AvgIpc) is 3.24. The van der Waals surface area contributed by atoms with Gasteiger partial charge in [0, 0.05) is 24.0 Å². The maximum Gasteiger partial charge on any atom is 0.252 e. The van der Waals surface area contributed by atoms with E-state index >= 15 is 0 Å². The van der Waals surface area contributed by atoms with Gasteiger partial charge in [-0.15, -0.1) is 0 Å². The van der Waals surface area contributed by atoms with Gasteiger partial charge in [0.1, 0.15) is 11.5 Å². The van der Waals surface area contributed by atoms with Crippen LogP contribution < -0.4 is 22.1 Å². The lowest BCUT2D eigenvalue weighted by Gasteiger charge is -2.23. The van der Waals surface area contributed by atoms with Crippen molar-refractivity contribution in [3.05, 3.63) is 54.2 Å². The maximum absolute atomic E-state index is 14.6. The van der Waals surface area contributed by atoms with E-state index in [0.717, 1.165) is 18.9 Å². The van der Waals surface area contributed by atoms with Crippen molar-refractivity contribution in [1.29, 1.82) is 0 Å². The van der Waals surface area contributed by atoms with Gasteiger partial charge in [-0.05, 0) is 43.7 Å². The van der Waals surface area contributed by atoms with Gasteiger partial charge in [-0.1, -0.05) is 13.3 Å². The van der Waals surface area contributed by atoms with Gasteiger partial charge in [0.25, 0.3) is 5.91 Å². The Morgan fingerprint density at radius 1 is 1.30 bits per heavy atom. The highest BCUT2D eigenvalue weighted by Crippen LogP contribution is 2.27. The van der Waals surface area contributed by atoms with Crippen molar-refractivity contribution in [2.75, 3.05) is 10.6 Å². The lowest BCUT2D eigenvalue weighted by atomic mass is 10.1. The zero-order chi connectivity index (χ0) is 21.7. The fraction of sp³-hybridized carbons (Fsp3) is 0.286. The van der Waals surface area contributed by atoms with Gasteiger partial charge in [-0.25, -0.2) is 9.37 Å². The number of carbonyl (C=O) groups excluding carboxylic acids is 1. The number of amides is 1. The topological polar surface area (TPSA) is 132 Å². The number of pyridine rings is 2. The normalized spacial score (nSPS) is 12.9. The number of nitrogens with two attached hydrogens (primary N) is 2. The number of primary amides is 1. The van der Waals surface area contributed by atoms with Crippen LogP contribution in [0.1, 0.15) is 37.0 Å². The second-order valence-corrected chi connectivity index (χ2v) is 7.01. The van der Waals surface area contributed by atoms with Crippen LogP contribution in [0.3, 0.4) is 0 Å². The van der Waals surface area contributed by atoms with Crippen molar-refractivity contribution in [3.63, 3.8) is 0 Å². The first-order valence-electron chi connectivity index (χ1n) is 9.68. The molecule has 0 aromatic carbocycles. The molecule has 3 aromatic rings. The monoisotopic (exact) mass is 412 g/mol. The molecule has 0 aliphatic carbocycles. The number of carbonyl (C=O) groups is 1. The van der Waals surface area contributed by atoms with Crippen molar-refractivity contribution in [1.82, 2.24) is 9.97 Å². The fourth-order valence-corrected chi connectivity index (χ4v) is 3.03. The minimum absolute atomic E-state index is 0.00133. The molecule has 6 N–H and O–H groups in total. The van der Waals surface area contributed by atoms with E-state index in [1.54, 1.807) is 36.7 Å². The standard InChI is InChI=1S/C21H25FN6O2/c1-3-5-16(12(2)23)27-21-15(22)11-14(19(24)29)20(28-21)26-13-7-8-25-17(10-13)18-6-4-9-30-18/h4,6-12,16H,3,5,23H2,1-2H3,(H2,24,29)(H2,25,26,27,28). The lowest BCUT2D eigenvalue weighted by molar-refractivity contribution is 0.100. The molecule has 0 spiro atoms. The molecule has 0 aliphatic rings. The number of halogens is 1. The molecule has 3 rings (SSSR count). The number of nitrogens with zero attached hydrogens (tertiary/aromatic N) is 2. The minimum Gasteiger partial charge on any atom is -0.463 e. The van der Waals surface area contributed by atoms with Crippen LogP contribution >= 0.6 is 0 Å². The molecule has 3 aromatic heterocycles. The van der Waals surface area contributed by atoms with Gasteiger partial charge in [0.05, 0.1) is 11.8 Å². The number of hydrogen-bond acceptors (Lipinski definition) is 7. The molecule has 9 heteroatoms. The third-order valence-corrected chi connectivity index (χ3v) is 4.59. The summed E-state index contributed by atoms with van der Waals surface area (Å²) in [6.45, 7) is 3.86. The number of aromatic nitrogens is 2. The Bertz CT molecular complexity index is 1010. The van der Waals surface area contributed by atoms with Crippen LogP contribution in [-0.4, -0.2) is 28.0 Å². The van der Waals surface area contributed by atoms with Crippen LogP contribution in [0.5, 0.6) is 0 Å². The predicted octanol–water partition coefficient (Wildman–Crippen LogP) is 3.65. The van der Waals surface area contributed by atoms with E-state index in [1.165, 1.54) is 0 Å². The molecule has 0 radical (unpaired) electrons. The molecule has 0 fully saturated rings. The van der Waals surface area contributed by atoms with Crippen LogP contribution in [0.2, 0.25) is 0 Å². The summed E-state index contributed by atoms with van der Waals surface area (Å²) >= 11 is 0. The summed E-state index contributed by atoms with van der Waals surface area (Å²) in [6.07, 6.45) is 4.75. The zero-order valence-corrected chi connectivity index (χ0v) is 16.9. The summed E-state index contributed by atoms with van der Waals surface area (Å²) in [6, 6.07) is 7.64. The highest BCUT2D eigenvalue weighted by Gasteiger charge is 2.20. The molecule has 8 nitrogen and oxygen atoms in total. The predicted molar refractivity (Wildman–Crippen MR) is 114 cm³/mol.